The molecule has 0 fully saturated rings. The van der Waals surface area contributed by atoms with Crippen molar-refractivity contribution in [1.82, 2.24) is 0 Å². The second-order valence-corrected chi connectivity index (χ2v) is 10.8. The van der Waals surface area contributed by atoms with Crippen molar-refractivity contribution in [3.8, 4) is 16.9 Å². The molecule has 1 atom stereocenters. The lowest BCUT2D eigenvalue weighted by molar-refractivity contribution is 0.429. The van der Waals surface area contributed by atoms with Crippen LogP contribution in [0.5, 0.6) is 5.75 Å². The first-order valence-corrected chi connectivity index (χ1v) is 13.9. The van der Waals surface area contributed by atoms with Crippen LogP contribution in [0, 0.1) is 0 Å². The normalized spacial score (nSPS) is 16.1. The molecule has 9 rings (SSSR count). The van der Waals surface area contributed by atoms with Crippen molar-refractivity contribution in [3.63, 3.8) is 0 Å². The summed E-state index contributed by atoms with van der Waals surface area (Å²) in [4.78, 5) is 0. The highest BCUT2D eigenvalue weighted by molar-refractivity contribution is 6.20. The maximum absolute atomic E-state index is 6.59. The minimum absolute atomic E-state index is 0.255. The predicted molar refractivity (Wildman–Crippen MR) is 165 cm³/mol. The van der Waals surface area contributed by atoms with Gasteiger partial charge < -0.3 is 9.15 Å². The molecular weight excluding hydrogens is 488 g/mol. The number of hydrogen-bond donors (Lipinski definition) is 0. The number of ether oxygens (including phenoxy) is 1. The highest BCUT2D eigenvalue weighted by Gasteiger charge is 2.34. The third-order valence-electron chi connectivity index (χ3n) is 8.62. The van der Waals surface area contributed by atoms with Gasteiger partial charge in [-0.15, -0.1) is 0 Å². The van der Waals surface area contributed by atoms with E-state index in [2.05, 4.69) is 115 Å². The summed E-state index contributed by atoms with van der Waals surface area (Å²) in [6.45, 7) is 0. The fourth-order valence-electron chi connectivity index (χ4n) is 6.89. The number of allylic oxidation sites excluding steroid dienone is 4. The van der Waals surface area contributed by atoms with Gasteiger partial charge in [0.25, 0.3) is 0 Å². The Bertz CT molecular complexity index is 2170. The SMILES string of the molecule is C1=CC(c2c3ccccc3c(-c3ccc4oc5ccccc5c4c3)c3ccccc23)=C2Oc3ccccc3C2C1. The maximum atomic E-state index is 6.59. The van der Waals surface area contributed by atoms with Crippen LogP contribution in [0.1, 0.15) is 23.5 Å². The molecular formula is C38H24O2. The third-order valence-corrected chi connectivity index (χ3v) is 8.62. The molecule has 40 heavy (non-hydrogen) atoms. The number of furan rings is 1. The van der Waals surface area contributed by atoms with Gasteiger partial charge >= 0.3 is 0 Å². The topological polar surface area (TPSA) is 22.4 Å². The molecule has 0 N–H and O–H groups in total. The molecule has 0 radical (unpaired) electrons. The van der Waals surface area contributed by atoms with Crippen LogP contribution in [-0.2, 0) is 0 Å². The third kappa shape index (κ3) is 2.99. The van der Waals surface area contributed by atoms with Crippen molar-refractivity contribution >= 4 is 49.1 Å². The molecule has 0 saturated carbocycles. The van der Waals surface area contributed by atoms with E-state index in [1.54, 1.807) is 0 Å². The van der Waals surface area contributed by atoms with Gasteiger partial charge in [0.15, 0.2) is 0 Å². The van der Waals surface area contributed by atoms with Crippen LogP contribution < -0.4 is 4.74 Å². The molecule has 1 aromatic heterocycles. The fourth-order valence-corrected chi connectivity index (χ4v) is 6.89. The van der Waals surface area contributed by atoms with E-state index in [9.17, 15) is 0 Å². The van der Waals surface area contributed by atoms with Gasteiger partial charge in [0.1, 0.15) is 22.7 Å². The lowest BCUT2D eigenvalue weighted by atomic mass is 9.81. The van der Waals surface area contributed by atoms with E-state index >= 15 is 0 Å². The number of rotatable bonds is 2. The molecule has 7 aromatic rings. The summed E-state index contributed by atoms with van der Waals surface area (Å²) in [5.41, 5.74) is 7.99. The van der Waals surface area contributed by atoms with Gasteiger partial charge in [0.05, 0.1) is 0 Å². The summed E-state index contributed by atoms with van der Waals surface area (Å²) in [6.07, 6.45) is 5.54. The van der Waals surface area contributed by atoms with Crippen LogP contribution in [-0.4, -0.2) is 0 Å². The minimum atomic E-state index is 0.255. The van der Waals surface area contributed by atoms with Crippen molar-refractivity contribution in [3.05, 3.63) is 144 Å². The van der Waals surface area contributed by atoms with Crippen molar-refractivity contribution in [1.29, 1.82) is 0 Å². The van der Waals surface area contributed by atoms with Crippen LogP contribution in [0.25, 0.3) is 60.2 Å². The summed E-state index contributed by atoms with van der Waals surface area (Å²) in [5, 5.41) is 7.24. The quantitative estimate of drug-likeness (QED) is 0.215. The molecule has 1 aliphatic heterocycles. The zero-order valence-corrected chi connectivity index (χ0v) is 21.7. The predicted octanol–water partition coefficient (Wildman–Crippen LogP) is 10.4. The molecule has 2 heterocycles. The number of para-hydroxylation sites is 2. The first-order chi connectivity index (χ1) is 19.8. The van der Waals surface area contributed by atoms with Crippen molar-refractivity contribution in [2.75, 3.05) is 0 Å². The second-order valence-electron chi connectivity index (χ2n) is 10.8. The van der Waals surface area contributed by atoms with Gasteiger partial charge in [-0.05, 0) is 63.4 Å². The zero-order valence-electron chi connectivity index (χ0n) is 21.7. The van der Waals surface area contributed by atoms with E-state index in [1.807, 2.05) is 12.1 Å². The number of benzene rings is 6. The molecule has 0 amide bonds. The standard InChI is InChI=1S/C38H24O2/c1-3-14-28-26(12-1)36(23-20-21-35-32(22-23)25-11-6-7-18-33(25)39-35)27-13-2-4-15-29(27)37(28)31-17-9-16-30-24-10-5-8-19-34(24)40-38(30)31/h1-15,17-22,30H,16H2. The van der Waals surface area contributed by atoms with Gasteiger partial charge in [0.2, 0.25) is 0 Å². The molecule has 0 spiro atoms. The maximum Gasteiger partial charge on any atom is 0.135 e. The second kappa shape index (κ2) is 8.21. The fraction of sp³-hybridized carbons (Fsp3) is 0.0526. The van der Waals surface area contributed by atoms with E-state index in [0.717, 1.165) is 39.9 Å². The Morgan fingerprint density at radius 3 is 1.95 bits per heavy atom. The Labute approximate surface area is 231 Å². The lowest BCUT2D eigenvalue weighted by Crippen LogP contribution is -2.06. The average Bonchev–Trinajstić information content (AvgIpc) is 3.58. The molecule has 0 saturated heterocycles. The summed E-state index contributed by atoms with van der Waals surface area (Å²) in [6, 6.07) is 41.0. The van der Waals surface area contributed by atoms with E-state index in [0.29, 0.717) is 0 Å². The molecule has 0 bridgehead atoms. The lowest BCUT2D eigenvalue weighted by Gasteiger charge is -2.22. The Hall–Kier alpha value is -5.08. The van der Waals surface area contributed by atoms with Crippen LogP contribution in [0.3, 0.4) is 0 Å². The molecule has 6 aromatic carbocycles. The Morgan fingerprint density at radius 1 is 0.550 bits per heavy atom. The van der Waals surface area contributed by atoms with Gasteiger partial charge in [-0.2, -0.15) is 0 Å². The van der Waals surface area contributed by atoms with Crippen molar-refractivity contribution < 1.29 is 9.15 Å². The van der Waals surface area contributed by atoms with Crippen LogP contribution >= 0.6 is 0 Å². The highest BCUT2D eigenvalue weighted by Crippen LogP contribution is 2.51. The molecule has 1 unspecified atom stereocenters. The van der Waals surface area contributed by atoms with Gasteiger partial charge in [0, 0.05) is 33.4 Å². The van der Waals surface area contributed by atoms with Gasteiger partial charge in [-0.1, -0.05) is 103 Å². The van der Waals surface area contributed by atoms with Crippen molar-refractivity contribution in [2.45, 2.75) is 12.3 Å². The first kappa shape index (κ1) is 21.8. The Balaban J connectivity index is 1.36. The van der Waals surface area contributed by atoms with Gasteiger partial charge in [-0.3, -0.25) is 0 Å². The number of hydrogen-bond acceptors (Lipinski definition) is 2. The summed E-state index contributed by atoms with van der Waals surface area (Å²) in [5.74, 6) is 2.30. The zero-order chi connectivity index (χ0) is 26.2. The molecule has 2 heteroatoms. The van der Waals surface area contributed by atoms with Crippen LogP contribution in [0.2, 0.25) is 0 Å². The highest BCUT2D eigenvalue weighted by atomic mass is 16.5. The monoisotopic (exact) mass is 512 g/mol. The summed E-state index contributed by atoms with van der Waals surface area (Å²) >= 11 is 0. The first-order valence-electron chi connectivity index (χ1n) is 13.9. The smallest absolute Gasteiger partial charge is 0.135 e. The number of fused-ring (bicyclic) bond motifs is 8. The van der Waals surface area contributed by atoms with E-state index < -0.39 is 0 Å². The molecule has 2 nitrogen and oxygen atoms in total. The Kier molecular flexibility index (Phi) is 4.48. The van der Waals surface area contributed by atoms with E-state index in [4.69, 9.17) is 9.15 Å². The largest absolute Gasteiger partial charge is 0.460 e. The van der Waals surface area contributed by atoms with Crippen molar-refractivity contribution in [2.24, 2.45) is 0 Å². The summed E-state index contributed by atoms with van der Waals surface area (Å²) in [7, 11) is 0. The molecule has 2 aliphatic rings. The minimum Gasteiger partial charge on any atom is -0.460 e. The van der Waals surface area contributed by atoms with Crippen LogP contribution in [0.4, 0.5) is 0 Å². The van der Waals surface area contributed by atoms with Gasteiger partial charge in [-0.25, -0.2) is 0 Å². The van der Waals surface area contributed by atoms with Crippen LogP contribution in [0.15, 0.2) is 138 Å². The summed E-state index contributed by atoms with van der Waals surface area (Å²) < 4.78 is 12.7. The van der Waals surface area contributed by atoms with E-state index in [-0.39, 0.29) is 5.92 Å². The average molecular weight is 513 g/mol. The van der Waals surface area contributed by atoms with E-state index in [1.165, 1.54) is 49.4 Å². The molecule has 188 valence electrons. The Morgan fingerprint density at radius 2 is 1.18 bits per heavy atom. The molecule has 1 aliphatic carbocycles.